The summed E-state index contributed by atoms with van der Waals surface area (Å²) in [7, 11) is 0. The molecule has 0 spiro atoms. The van der Waals surface area contributed by atoms with Crippen LogP contribution in [0.3, 0.4) is 0 Å². The normalized spacial score (nSPS) is 36.2. The molecule has 5 nitrogen and oxygen atoms in total. The van der Waals surface area contributed by atoms with Gasteiger partial charge in [-0.15, -0.1) is 0 Å². The molecule has 0 radical (unpaired) electrons. The van der Waals surface area contributed by atoms with Crippen molar-refractivity contribution in [3.8, 4) is 6.07 Å². The maximum Gasteiger partial charge on any atom is 0.241 e. The van der Waals surface area contributed by atoms with Crippen molar-refractivity contribution in [3.63, 3.8) is 0 Å². The van der Waals surface area contributed by atoms with Crippen molar-refractivity contribution in [1.29, 1.82) is 5.26 Å². The Hall–Kier alpha value is -2.45. The standard InChI is InChI=1S/C16H12N2O3/c1-16-7-6-11(21-16)12-13(16)15(20)18(14(12)19)10-5-3-2-4-9(10)8-17/h2-7,11-13H,1H3/t11-,12+,13+,16+/m0/s1. The van der Waals surface area contributed by atoms with Gasteiger partial charge in [0.15, 0.2) is 0 Å². The van der Waals surface area contributed by atoms with Crippen molar-refractivity contribution in [2.45, 2.75) is 18.6 Å². The summed E-state index contributed by atoms with van der Waals surface area (Å²) in [4.78, 5) is 26.6. The van der Waals surface area contributed by atoms with Gasteiger partial charge in [0.05, 0.1) is 34.8 Å². The minimum absolute atomic E-state index is 0.272. The van der Waals surface area contributed by atoms with Crippen LogP contribution in [0.1, 0.15) is 12.5 Å². The number of carbonyl (C=O) groups excluding carboxylic acids is 2. The fraction of sp³-hybridized carbons (Fsp3) is 0.312. The summed E-state index contributed by atoms with van der Waals surface area (Å²) in [5.74, 6) is -1.51. The highest BCUT2D eigenvalue weighted by atomic mass is 16.5. The second kappa shape index (κ2) is 3.80. The van der Waals surface area contributed by atoms with Crippen molar-refractivity contribution >= 4 is 17.5 Å². The number of anilines is 1. The van der Waals surface area contributed by atoms with Crippen LogP contribution in [0.15, 0.2) is 36.4 Å². The molecule has 3 aliphatic heterocycles. The third-order valence-electron chi connectivity index (χ3n) is 4.59. The maximum atomic E-state index is 12.7. The first-order chi connectivity index (χ1) is 10.1. The van der Waals surface area contributed by atoms with E-state index >= 15 is 0 Å². The van der Waals surface area contributed by atoms with Gasteiger partial charge >= 0.3 is 0 Å². The molecule has 0 N–H and O–H groups in total. The first kappa shape index (κ1) is 12.3. The SMILES string of the molecule is C[C@]12C=C[C@H](O1)[C@H]1C(=O)N(c3ccccc3C#N)C(=O)[C@@H]12. The lowest BCUT2D eigenvalue weighted by atomic mass is 9.78. The number of fused-ring (bicyclic) bond motifs is 5. The van der Waals surface area contributed by atoms with E-state index in [0.29, 0.717) is 11.3 Å². The van der Waals surface area contributed by atoms with E-state index in [1.54, 1.807) is 24.3 Å². The molecule has 2 amide bonds. The Morgan fingerprint density at radius 2 is 2.05 bits per heavy atom. The molecule has 2 bridgehead atoms. The van der Waals surface area contributed by atoms with E-state index in [0.717, 1.165) is 4.90 Å². The van der Waals surface area contributed by atoms with Crippen LogP contribution in [0.2, 0.25) is 0 Å². The smallest absolute Gasteiger partial charge is 0.241 e. The molecular weight excluding hydrogens is 268 g/mol. The highest BCUT2D eigenvalue weighted by Crippen LogP contribution is 2.52. The quantitative estimate of drug-likeness (QED) is 0.576. The average molecular weight is 280 g/mol. The van der Waals surface area contributed by atoms with Gasteiger partial charge in [0.2, 0.25) is 11.8 Å². The monoisotopic (exact) mass is 280 g/mol. The van der Waals surface area contributed by atoms with E-state index in [4.69, 9.17) is 4.74 Å². The first-order valence-corrected chi connectivity index (χ1v) is 6.81. The summed E-state index contributed by atoms with van der Waals surface area (Å²) >= 11 is 0. The third kappa shape index (κ3) is 1.38. The fourth-order valence-corrected chi connectivity index (χ4v) is 3.65. The number of ether oxygens (including phenoxy) is 1. The number of carbonyl (C=O) groups is 2. The summed E-state index contributed by atoms with van der Waals surface area (Å²) in [5, 5.41) is 9.18. The lowest BCUT2D eigenvalue weighted by Crippen LogP contribution is -2.38. The number of benzene rings is 1. The molecule has 0 aliphatic carbocycles. The summed E-state index contributed by atoms with van der Waals surface area (Å²) < 4.78 is 5.76. The summed E-state index contributed by atoms with van der Waals surface area (Å²) in [5.41, 5.74) is -0.0174. The number of hydrogen-bond acceptors (Lipinski definition) is 4. The largest absolute Gasteiger partial charge is 0.362 e. The van der Waals surface area contributed by atoms with Gasteiger partial charge in [-0.2, -0.15) is 5.26 Å². The molecule has 2 saturated heterocycles. The molecule has 4 rings (SSSR count). The van der Waals surface area contributed by atoms with E-state index in [1.165, 1.54) is 0 Å². The minimum Gasteiger partial charge on any atom is -0.362 e. The lowest BCUT2D eigenvalue weighted by Gasteiger charge is -2.24. The zero-order chi connectivity index (χ0) is 14.8. The van der Waals surface area contributed by atoms with E-state index in [-0.39, 0.29) is 17.9 Å². The van der Waals surface area contributed by atoms with E-state index in [9.17, 15) is 14.9 Å². The molecule has 1 aromatic carbocycles. The Bertz CT molecular complexity index is 748. The van der Waals surface area contributed by atoms with Crippen molar-refractivity contribution in [2.75, 3.05) is 4.90 Å². The Balaban J connectivity index is 1.83. The highest BCUT2D eigenvalue weighted by Gasteiger charge is 2.66. The Kier molecular flexibility index (Phi) is 2.23. The van der Waals surface area contributed by atoms with Crippen molar-refractivity contribution in [3.05, 3.63) is 42.0 Å². The molecule has 104 valence electrons. The number of hydrogen-bond donors (Lipinski definition) is 0. The Morgan fingerprint density at radius 3 is 2.76 bits per heavy atom. The zero-order valence-electron chi connectivity index (χ0n) is 11.3. The molecule has 3 heterocycles. The van der Waals surface area contributed by atoms with Gasteiger partial charge in [-0.25, -0.2) is 4.90 Å². The predicted molar refractivity (Wildman–Crippen MR) is 73.0 cm³/mol. The van der Waals surface area contributed by atoms with Crippen LogP contribution in [0.5, 0.6) is 0 Å². The van der Waals surface area contributed by atoms with E-state index in [1.807, 2.05) is 25.1 Å². The van der Waals surface area contributed by atoms with Crippen LogP contribution < -0.4 is 4.90 Å². The maximum absolute atomic E-state index is 12.7. The number of nitrogens with zero attached hydrogens (tertiary/aromatic N) is 2. The third-order valence-corrected chi connectivity index (χ3v) is 4.59. The van der Waals surface area contributed by atoms with Crippen LogP contribution in [-0.2, 0) is 14.3 Å². The van der Waals surface area contributed by atoms with Crippen LogP contribution in [0.25, 0.3) is 0 Å². The van der Waals surface area contributed by atoms with Crippen molar-refractivity contribution in [2.24, 2.45) is 11.8 Å². The van der Waals surface area contributed by atoms with Gasteiger partial charge in [-0.3, -0.25) is 9.59 Å². The topological polar surface area (TPSA) is 70.4 Å². The fourth-order valence-electron chi connectivity index (χ4n) is 3.65. The van der Waals surface area contributed by atoms with Gasteiger partial charge in [-0.05, 0) is 19.1 Å². The van der Waals surface area contributed by atoms with E-state index < -0.39 is 17.4 Å². The highest BCUT2D eigenvalue weighted by molar-refractivity contribution is 6.23. The van der Waals surface area contributed by atoms with E-state index in [2.05, 4.69) is 0 Å². The van der Waals surface area contributed by atoms with Crippen molar-refractivity contribution < 1.29 is 14.3 Å². The number of nitriles is 1. The van der Waals surface area contributed by atoms with Gasteiger partial charge in [0, 0.05) is 0 Å². The molecule has 0 unspecified atom stereocenters. The molecular formula is C16H12N2O3. The summed E-state index contributed by atoms with van der Waals surface area (Å²) in [6, 6.07) is 8.70. The van der Waals surface area contributed by atoms with Gasteiger partial charge in [0.25, 0.3) is 0 Å². The van der Waals surface area contributed by atoms with Gasteiger partial charge in [0.1, 0.15) is 6.07 Å². The molecule has 2 fully saturated rings. The molecule has 3 aliphatic rings. The second-order valence-electron chi connectivity index (χ2n) is 5.77. The minimum atomic E-state index is -0.710. The van der Waals surface area contributed by atoms with Crippen LogP contribution in [-0.4, -0.2) is 23.5 Å². The van der Waals surface area contributed by atoms with Crippen LogP contribution >= 0.6 is 0 Å². The number of para-hydroxylation sites is 1. The number of amides is 2. The molecule has 1 aromatic rings. The summed E-state index contributed by atoms with van der Waals surface area (Å²) in [6.45, 7) is 1.83. The molecule has 21 heavy (non-hydrogen) atoms. The number of imide groups is 1. The Labute approximate surface area is 121 Å². The van der Waals surface area contributed by atoms with Gasteiger partial charge < -0.3 is 4.74 Å². The van der Waals surface area contributed by atoms with Gasteiger partial charge in [-0.1, -0.05) is 24.3 Å². The molecule has 0 saturated carbocycles. The average Bonchev–Trinajstić information content (AvgIpc) is 3.08. The molecule has 4 atom stereocenters. The van der Waals surface area contributed by atoms with Crippen LogP contribution in [0.4, 0.5) is 5.69 Å². The predicted octanol–water partition coefficient (Wildman–Crippen LogP) is 1.39. The molecule has 5 heteroatoms. The number of rotatable bonds is 1. The lowest BCUT2D eigenvalue weighted by molar-refractivity contribution is -0.126. The molecule has 0 aromatic heterocycles. The Morgan fingerprint density at radius 1 is 1.29 bits per heavy atom. The summed E-state index contributed by atoms with van der Waals surface area (Å²) in [6.07, 6.45) is 3.38. The zero-order valence-corrected chi connectivity index (χ0v) is 11.3. The second-order valence-corrected chi connectivity index (χ2v) is 5.77. The first-order valence-electron chi connectivity index (χ1n) is 6.81. The van der Waals surface area contributed by atoms with Crippen molar-refractivity contribution in [1.82, 2.24) is 0 Å². The van der Waals surface area contributed by atoms with Crippen LogP contribution in [0, 0.1) is 23.2 Å².